The van der Waals surface area contributed by atoms with Gasteiger partial charge in [-0.2, -0.15) is 0 Å². The molecular formula is C16H32O2. The molecule has 0 N–H and O–H groups in total. The van der Waals surface area contributed by atoms with Gasteiger partial charge in [0.25, 0.3) is 0 Å². The summed E-state index contributed by atoms with van der Waals surface area (Å²) in [5.41, 5.74) is 0. The minimum absolute atomic E-state index is 0.0587. The molecule has 0 aromatic heterocycles. The lowest BCUT2D eigenvalue weighted by molar-refractivity contribution is -0.150. The van der Waals surface area contributed by atoms with Crippen LogP contribution in [0.4, 0.5) is 0 Å². The zero-order valence-electron chi connectivity index (χ0n) is 13.0. The van der Waals surface area contributed by atoms with Crippen molar-refractivity contribution in [1.82, 2.24) is 0 Å². The molecule has 2 nitrogen and oxygen atoms in total. The zero-order valence-corrected chi connectivity index (χ0v) is 13.0. The number of esters is 1. The third kappa shape index (κ3) is 8.54. The third-order valence-electron chi connectivity index (χ3n) is 3.81. The van der Waals surface area contributed by atoms with E-state index in [0.29, 0.717) is 12.3 Å². The maximum Gasteiger partial charge on any atom is 0.305 e. The summed E-state index contributed by atoms with van der Waals surface area (Å²) in [6.07, 6.45) is 8.25. The molecule has 0 amide bonds. The Bertz CT molecular complexity index is 213. The average molecular weight is 256 g/mol. The Morgan fingerprint density at radius 3 is 2.17 bits per heavy atom. The lowest BCUT2D eigenvalue weighted by atomic mass is 9.93. The molecule has 0 aromatic carbocycles. The van der Waals surface area contributed by atoms with Gasteiger partial charge in [-0.3, -0.25) is 4.79 Å². The normalized spacial score (nSPS) is 16.1. The fourth-order valence-electron chi connectivity index (χ4n) is 2.13. The Morgan fingerprint density at radius 1 is 1.00 bits per heavy atom. The molecule has 0 saturated carbocycles. The number of ether oxygens (including phenoxy) is 1. The van der Waals surface area contributed by atoms with Crippen LogP contribution < -0.4 is 0 Å². The Hall–Kier alpha value is -0.530. The second-order valence-electron chi connectivity index (χ2n) is 5.70. The first-order chi connectivity index (χ1) is 8.51. The van der Waals surface area contributed by atoms with E-state index in [-0.39, 0.29) is 12.1 Å². The Balaban J connectivity index is 3.68. The maximum absolute atomic E-state index is 11.2. The van der Waals surface area contributed by atoms with E-state index in [1.807, 2.05) is 13.8 Å². The van der Waals surface area contributed by atoms with Gasteiger partial charge in [0.1, 0.15) is 6.10 Å². The fourth-order valence-corrected chi connectivity index (χ4v) is 2.13. The van der Waals surface area contributed by atoms with Gasteiger partial charge in [-0.05, 0) is 25.2 Å². The van der Waals surface area contributed by atoms with Gasteiger partial charge in [-0.25, -0.2) is 0 Å². The summed E-state index contributed by atoms with van der Waals surface area (Å²) in [6, 6.07) is 0. The van der Waals surface area contributed by atoms with Crippen molar-refractivity contribution in [3.05, 3.63) is 0 Å². The van der Waals surface area contributed by atoms with Crippen molar-refractivity contribution in [1.29, 1.82) is 0 Å². The van der Waals surface area contributed by atoms with Crippen LogP contribution in [0.3, 0.4) is 0 Å². The third-order valence-corrected chi connectivity index (χ3v) is 3.81. The largest absolute Gasteiger partial charge is 0.462 e. The van der Waals surface area contributed by atoms with Gasteiger partial charge >= 0.3 is 5.97 Å². The highest BCUT2D eigenvalue weighted by atomic mass is 16.5. The van der Waals surface area contributed by atoms with Gasteiger partial charge in [-0.15, -0.1) is 0 Å². The topological polar surface area (TPSA) is 26.3 Å². The highest BCUT2D eigenvalue weighted by Crippen LogP contribution is 2.20. The summed E-state index contributed by atoms with van der Waals surface area (Å²) in [4.78, 5) is 11.2. The fraction of sp³-hybridized carbons (Fsp3) is 0.938. The predicted molar refractivity (Wildman–Crippen MR) is 77.5 cm³/mol. The molecule has 18 heavy (non-hydrogen) atoms. The van der Waals surface area contributed by atoms with Crippen LogP contribution >= 0.6 is 0 Å². The second kappa shape index (κ2) is 10.4. The first-order valence-corrected chi connectivity index (χ1v) is 7.70. The lowest BCUT2D eigenvalue weighted by Gasteiger charge is -2.21. The average Bonchev–Trinajstić information content (AvgIpc) is 2.35. The zero-order chi connectivity index (χ0) is 14.0. The minimum atomic E-state index is -0.0781. The summed E-state index contributed by atoms with van der Waals surface area (Å²) in [5.74, 6) is 1.23. The first kappa shape index (κ1) is 17.5. The molecule has 0 radical (unpaired) electrons. The minimum Gasteiger partial charge on any atom is -0.462 e. The molecule has 0 bridgehead atoms. The molecule has 3 atom stereocenters. The molecule has 0 aromatic rings. The van der Waals surface area contributed by atoms with Crippen LogP contribution in [0.2, 0.25) is 0 Å². The van der Waals surface area contributed by atoms with Crippen LogP contribution in [-0.2, 0) is 9.53 Å². The van der Waals surface area contributed by atoms with E-state index in [1.165, 1.54) is 32.1 Å². The number of carbonyl (C=O) groups is 1. The van der Waals surface area contributed by atoms with E-state index in [2.05, 4.69) is 20.8 Å². The maximum atomic E-state index is 11.2. The molecule has 0 aliphatic heterocycles. The van der Waals surface area contributed by atoms with Gasteiger partial charge < -0.3 is 4.74 Å². The summed E-state index contributed by atoms with van der Waals surface area (Å²) < 4.78 is 5.34. The summed E-state index contributed by atoms with van der Waals surface area (Å²) in [6.45, 7) is 10.6. The lowest BCUT2D eigenvalue weighted by Crippen LogP contribution is -2.21. The molecular weight excluding hydrogens is 224 g/mol. The monoisotopic (exact) mass is 256 g/mol. The molecule has 0 fully saturated rings. The van der Waals surface area contributed by atoms with E-state index >= 15 is 0 Å². The van der Waals surface area contributed by atoms with Crippen molar-refractivity contribution in [2.75, 3.05) is 0 Å². The van der Waals surface area contributed by atoms with Crippen molar-refractivity contribution < 1.29 is 9.53 Å². The predicted octanol–water partition coefficient (Wildman–Crippen LogP) is 4.96. The SMILES string of the molecule is CCCC[C@H](C)CCC[C@@H](C)[C@H](C)OC(=O)CC. The van der Waals surface area contributed by atoms with Gasteiger partial charge in [-0.1, -0.05) is 59.8 Å². The van der Waals surface area contributed by atoms with Crippen LogP contribution in [0.25, 0.3) is 0 Å². The van der Waals surface area contributed by atoms with E-state index in [4.69, 9.17) is 4.74 Å². The highest BCUT2D eigenvalue weighted by Gasteiger charge is 2.15. The van der Waals surface area contributed by atoms with Gasteiger partial charge in [0.15, 0.2) is 0 Å². The summed E-state index contributed by atoms with van der Waals surface area (Å²) in [7, 11) is 0. The van der Waals surface area contributed by atoms with Crippen molar-refractivity contribution in [3.63, 3.8) is 0 Å². The van der Waals surface area contributed by atoms with Gasteiger partial charge in [0.2, 0.25) is 0 Å². The molecule has 0 rings (SSSR count). The molecule has 0 aliphatic rings. The smallest absolute Gasteiger partial charge is 0.305 e. The Kier molecular flexibility index (Phi) is 10.1. The Labute approximate surface area is 113 Å². The number of hydrogen-bond acceptors (Lipinski definition) is 2. The van der Waals surface area contributed by atoms with Crippen LogP contribution in [-0.4, -0.2) is 12.1 Å². The number of rotatable bonds is 10. The van der Waals surface area contributed by atoms with Crippen LogP contribution in [0.1, 0.15) is 79.6 Å². The quantitative estimate of drug-likeness (QED) is 0.516. The van der Waals surface area contributed by atoms with Gasteiger partial charge in [0, 0.05) is 6.42 Å². The first-order valence-electron chi connectivity index (χ1n) is 7.70. The van der Waals surface area contributed by atoms with Crippen LogP contribution in [0.15, 0.2) is 0 Å². The standard InChI is InChI=1S/C16H32O2/c1-6-8-10-13(3)11-9-12-14(4)15(5)18-16(17)7-2/h13-15H,6-12H2,1-5H3/t13-,14+,15-/m0/s1. The number of unbranched alkanes of at least 4 members (excludes halogenated alkanes) is 1. The highest BCUT2D eigenvalue weighted by molar-refractivity contribution is 5.69. The second-order valence-corrected chi connectivity index (χ2v) is 5.70. The van der Waals surface area contributed by atoms with Crippen molar-refractivity contribution >= 4 is 5.97 Å². The van der Waals surface area contributed by atoms with Crippen molar-refractivity contribution in [2.24, 2.45) is 11.8 Å². The summed E-state index contributed by atoms with van der Waals surface area (Å²) in [5, 5.41) is 0. The van der Waals surface area contributed by atoms with Crippen molar-refractivity contribution in [2.45, 2.75) is 85.7 Å². The molecule has 0 heterocycles. The van der Waals surface area contributed by atoms with E-state index in [0.717, 1.165) is 12.3 Å². The molecule has 0 spiro atoms. The van der Waals surface area contributed by atoms with Crippen LogP contribution in [0.5, 0.6) is 0 Å². The molecule has 0 saturated heterocycles. The van der Waals surface area contributed by atoms with E-state index < -0.39 is 0 Å². The molecule has 108 valence electrons. The van der Waals surface area contributed by atoms with E-state index in [1.54, 1.807) is 0 Å². The Morgan fingerprint density at radius 2 is 1.61 bits per heavy atom. The van der Waals surface area contributed by atoms with Crippen molar-refractivity contribution in [3.8, 4) is 0 Å². The molecule has 2 heteroatoms. The van der Waals surface area contributed by atoms with Crippen LogP contribution in [0, 0.1) is 11.8 Å². The van der Waals surface area contributed by atoms with Gasteiger partial charge in [0.05, 0.1) is 0 Å². The molecule has 0 unspecified atom stereocenters. The number of hydrogen-bond donors (Lipinski definition) is 0. The summed E-state index contributed by atoms with van der Waals surface area (Å²) >= 11 is 0. The van der Waals surface area contributed by atoms with E-state index in [9.17, 15) is 4.79 Å². The number of carbonyl (C=O) groups excluding carboxylic acids is 1. The molecule has 0 aliphatic carbocycles.